The summed E-state index contributed by atoms with van der Waals surface area (Å²) in [6, 6.07) is 8.82. The minimum Gasteiger partial charge on any atom is -0.307 e. The van der Waals surface area contributed by atoms with Gasteiger partial charge in [0.1, 0.15) is 0 Å². The zero-order chi connectivity index (χ0) is 11.4. The first-order valence-electron chi connectivity index (χ1n) is 4.73. The topological polar surface area (TPSA) is 27.1 Å². The zero-order valence-electron chi connectivity index (χ0n) is 8.33. The number of rotatable bonds is 4. The number of hydrogen-bond acceptors (Lipinski definition) is 2. The molecule has 1 unspecified atom stereocenters. The molecule has 1 aromatic carbocycles. The van der Waals surface area contributed by atoms with Crippen LogP contribution in [0.3, 0.4) is 0 Å². The smallest absolute Gasteiger partial charge is 0.307 e. The molecular formula is C11H10F2N2O. The highest BCUT2D eigenvalue weighted by molar-refractivity contribution is 5.18. The highest BCUT2D eigenvalue weighted by atomic mass is 19.3. The van der Waals surface area contributed by atoms with Crippen LogP contribution in [0.1, 0.15) is 11.8 Å². The molecule has 0 aliphatic heterocycles. The molecule has 0 saturated carbocycles. The maximum atomic E-state index is 12.3. The van der Waals surface area contributed by atoms with Crippen molar-refractivity contribution >= 4 is 0 Å². The van der Waals surface area contributed by atoms with E-state index in [1.165, 1.54) is 17.1 Å². The molecule has 0 fully saturated rings. The third-order valence-corrected chi connectivity index (χ3v) is 2.11. The number of halogens is 2. The predicted molar refractivity (Wildman–Crippen MR) is 53.9 cm³/mol. The Balaban J connectivity index is 2.29. The molecule has 0 bridgehead atoms. The van der Waals surface area contributed by atoms with Gasteiger partial charge in [0.05, 0.1) is 6.33 Å². The maximum absolute atomic E-state index is 12.3. The molecule has 0 amide bonds. The van der Waals surface area contributed by atoms with Gasteiger partial charge in [0, 0.05) is 18.0 Å². The van der Waals surface area contributed by atoms with Crippen molar-refractivity contribution in [2.24, 2.45) is 0 Å². The van der Waals surface area contributed by atoms with Crippen LogP contribution in [-0.2, 0) is 4.74 Å². The fourth-order valence-electron chi connectivity index (χ4n) is 1.44. The Morgan fingerprint density at radius 3 is 2.50 bits per heavy atom. The van der Waals surface area contributed by atoms with E-state index in [0.717, 1.165) is 0 Å². The molecule has 0 N–H and O–H groups in total. The summed E-state index contributed by atoms with van der Waals surface area (Å²) < 4.78 is 30.7. The fraction of sp³-hybridized carbons (Fsp3) is 0.182. The first-order chi connectivity index (χ1) is 7.77. The van der Waals surface area contributed by atoms with E-state index in [4.69, 9.17) is 0 Å². The van der Waals surface area contributed by atoms with Crippen LogP contribution in [0, 0.1) is 0 Å². The quantitative estimate of drug-likeness (QED) is 0.798. The van der Waals surface area contributed by atoms with Gasteiger partial charge in [0.25, 0.3) is 0 Å². The summed E-state index contributed by atoms with van der Waals surface area (Å²) in [5, 5.41) is 0. The number of ether oxygens (including phenoxy) is 1. The number of aromatic nitrogens is 2. The van der Waals surface area contributed by atoms with Crippen molar-refractivity contribution in [3.8, 4) is 0 Å². The highest BCUT2D eigenvalue weighted by Gasteiger charge is 2.18. The molecule has 3 nitrogen and oxygen atoms in total. The third kappa shape index (κ3) is 2.43. The molecule has 84 valence electrons. The lowest BCUT2D eigenvalue weighted by Gasteiger charge is -2.18. The summed E-state index contributed by atoms with van der Waals surface area (Å²) in [4.78, 5) is 3.81. The summed E-state index contributed by atoms with van der Waals surface area (Å²) in [5.74, 6) is 0. The van der Waals surface area contributed by atoms with Crippen LogP contribution < -0.4 is 0 Å². The van der Waals surface area contributed by atoms with Gasteiger partial charge in [-0.25, -0.2) is 4.98 Å². The summed E-state index contributed by atoms with van der Waals surface area (Å²) in [6.07, 6.45) is 3.70. The van der Waals surface area contributed by atoms with Gasteiger partial charge in [-0.05, 0) is 0 Å². The first kappa shape index (κ1) is 10.8. The van der Waals surface area contributed by atoms with Gasteiger partial charge < -0.3 is 4.57 Å². The van der Waals surface area contributed by atoms with Crippen LogP contribution in [0.5, 0.6) is 0 Å². The Bertz CT molecular complexity index is 417. The van der Waals surface area contributed by atoms with Crippen LogP contribution in [-0.4, -0.2) is 16.2 Å². The lowest BCUT2D eigenvalue weighted by atomic mass is 10.2. The number of alkyl halides is 2. The largest absolute Gasteiger partial charge is 0.347 e. The molecular weight excluding hydrogens is 214 g/mol. The molecule has 0 radical (unpaired) electrons. The van der Waals surface area contributed by atoms with E-state index in [9.17, 15) is 8.78 Å². The summed E-state index contributed by atoms with van der Waals surface area (Å²) in [5.41, 5.74) is 0.654. The number of hydrogen-bond donors (Lipinski definition) is 0. The molecule has 0 aliphatic rings. The van der Waals surface area contributed by atoms with E-state index >= 15 is 0 Å². The van der Waals surface area contributed by atoms with Gasteiger partial charge in [-0.15, -0.1) is 0 Å². The number of nitrogens with zero attached hydrogens (tertiary/aromatic N) is 2. The average Bonchev–Trinajstić information content (AvgIpc) is 2.80. The Morgan fingerprint density at radius 1 is 1.19 bits per heavy atom. The Morgan fingerprint density at radius 2 is 1.94 bits per heavy atom. The van der Waals surface area contributed by atoms with Crippen molar-refractivity contribution < 1.29 is 13.5 Å². The standard InChI is InChI=1S/C11H10F2N2O/c12-11(13)16-10(15-7-6-14-8-15)9-4-2-1-3-5-9/h1-8,10-11H. The molecule has 16 heavy (non-hydrogen) atoms. The second kappa shape index (κ2) is 4.85. The molecule has 0 saturated heterocycles. The summed E-state index contributed by atoms with van der Waals surface area (Å²) in [6.45, 7) is -2.83. The van der Waals surface area contributed by atoms with E-state index in [-0.39, 0.29) is 0 Å². The molecule has 5 heteroatoms. The van der Waals surface area contributed by atoms with Gasteiger partial charge >= 0.3 is 6.61 Å². The van der Waals surface area contributed by atoms with Crippen LogP contribution >= 0.6 is 0 Å². The summed E-state index contributed by atoms with van der Waals surface area (Å²) >= 11 is 0. The maximum Gasteiger partial charge on any atom is 0.347 e. The minimum absolute atomic E-state index is 0.654. The minimum atomic E-state index is -2.83. The van der Waals surface area contributed by atoms with Crippen LogP contribution in [0.25, 0.3) is 0 Å². The molecule has 1 heterocycles. The molecule has 0 spiro atoms. The number of benzene rings is 1. The summed E-state index contributed by atoms with van der Waals surface area (Å²) in [7, 11) is 0. The SMILES string of the molecule is FC(F)OC(c1ccccc1)n1ccnc1. The van der Waals surface area contributed by atoms with E-state index < -0.39 is 12.8 Å². The first-order valence-corrected chi connectivity index (χ1v) is 4.73. The van der Waals surface area contributed by atoms with Gasteiger partial charge in [-0.2, -0.15) is 8.78 Å². The molecule has 0 aliphatic carbocycles. The van der Waals surface area contributed by atoms with Gasteiger partial charge in [-0.3, -0.25) is 4.74 Å². The van der Waals surface area contributed by atoms with E-state index in [0.29, 0.717) is 5.56 Å². The van der Waals surface area contributed by atoms with Crippen LogP contribution in [0.2, 0.25) is 0 Å². The fourth-order valence-corrected chi connectivity index (χ4v) is 1.44. The highest BCUT2D eigenvalue weighted by Crippen LogP contribution is 2.21. The molecule has 1 aromatic heterocycles. The normalized spacial score (nSPS) is 12.9. The number of imidazole rings is 1. The third-order valence-electron chi connectivity index (χ3n) is 2.11. The lowest BCUT2D eigenvalue weighted by molar-refractivity contribution is -0.172. The molecule has 2 rings (SSSR count). The van der Waals surface area contributed by atoms with Crippen molar-refractivity contribution in [3.05, 3.63) is 54.6 Å². The van der Waals surface area contributed by atoms with Gasteiger partial charge in [0.15, 0.2) is 6.23 Å². The average molecular weight is 224 g/mol. The Labute approximate surface area is 91.3 Å². The van der Waals surface area contributed by atoms with E-state index in [2.05, 4.69) is 9.72 Å². The van der Waals surface area contributed by atoms with Crippen LogP contribution in [0.4, 0.5) is 8.78 Å². The van der Waals surface area contributed by atoms with Crippen LogP contribution in [0.15, 0.2) is 49.1 Å². The molecule has 1 atom stereocenters. The van der Waals surface area contributed by atoms with Crippen molar-refractivity contribution in [2.75, 3.05) is 0 Å². The van der Waals surface area contributed by atoms with E-state index in [1.807, 2.05) is 6.07 Å². The second-order valence-corrected chi connectivity index (χ2v) is 3.17. The van der Waals surface area contributed by atoms with Crippen molar-refractivity contribution in [2.45, 2.75) is 12.8 Å². The van der Waals surface area contributed by atoms with Crippen molar-refractivity contribution in [3.63, 3.8) is 0 Å². The Kier molecular flexibility index (Phi) is 3.26. The zero-order valence-corrected chi connectivity index (χ0v) is 8.33. The lowest BCUT2D eigenvalue weighted by Crippen LogP contribution is -2.15. The second-order valence-electron chi connectivity index (χ2n) is 3.17. The monoisotopic (exact) mass is 224 g/mol. The van der Waals surface area contributed by atoms with E-state index in [1.54, 1.807) is 30.5 Å². The van der Waals surface area contributed by atoms with Gasteiger partial charge in [-0.1, -0.05) is 30.3 Å². The van der Waals surface area contributed by atoms with Gasteiger partial charge in [0.2, 0.25) is 0 Å². The Hall–Kier alpha value is -1.75. The molecule has 2 aromatic rings. The van der Waals surface area contributed by atoms with Crippen molar-refractivity contribution in [1.82, 2.24) is 9.55 Å². The van der Waals surface area contributed by atoms with Crippen molar-refractivity contribution in [1.29, 1.82) is 0 Å². The predicted octanol–water partition coefficient (Wildman–Crippen LogP) is 2.67.